The Morgan fingerprint density at radius 1 is 1.02 bits per heavy atom. The van der Waals surface area contributed by atoms with Crippen LogP contribution in [-0.4, -0.2) is 35.7 Å². The highest BCUT2D eigenvalue weighted by Gasteiger charge is 2.30. The van der Waals surface area contributed by atoms with E-state index in [-0.39, 0.29) is 27.1 Å². The molecule has 0 fully saturated rings. The summed E-state index contributed by atoms with van der Waals surface area (Å²) in [5, 5.41) is 6.14. The Morgan fingerprint density at radius 2 is 1.70 bits per heavy atom. The number of benzene rings is 3. The van der Waals surface area contributed by atoms with Crippen LogP contribution >= 0.6 is 34.8 Å². The number of aromatic nitrogens is 1. The average Bonchev–Trinajstić information content (AvgIpc) is 3.04. The minimum Gasteiger partial charge on any atom is -0.355 e. The van der Waals surface area contributed by atoms with Crippen LogP contribution < -0.4 is 15.5 Å². The van der Waals surface area contributed by atoms with Gasteiger partial charge in [0.05, 0.1) is 33.2 Å². The van der Waals surface area contributed by atoms with Crippen molar-refractivity contribution in [3.63, 3.8) is 0 Å². The molecule has 2 N–H and O–H groups in total. The number of carbonyl (C=O) groups is 2. The van der Waals surface area contributed by atoms with E-state index in [1.165, 1.54) is 12.1 Å². The normalized spacial score (nSPS) is 14.5. The second kappa shape index (κ2) is 11.6. The lowest BCUT2D eigenvalue weighted by molar-refractivity contribution is -0.117. The first-order valence-corrected chi connectivity index (χ1v) is 13.2. The topological polar surface area (TPSA) is 86.7 Å². The lowest BCUT2D eigenvalue weighted by Gasteiger charge is -2.22. The highest BCUT2D eigenvalue weighted by atomic mass is 35.5. The van der Waals surface area contributed by atoms with Gasteiger partial charge in [0.1, 0.15) is 11.6 Å². The summed E-state index contributed by atoms with van der Waals surface area (Å²) in [6.45, 7) is 0.412. The zero-order chi connectivity index (χ0) is 28.4. The number of nitrogens with zero attached hydrogens (tertiary/aromatic N) is 3. The predicted octanol–water partition coefficient (Wildman–Crippen LogP) is 6.36. The van der Waals surface area contributed by atoms with Crippen LogP contribution in [0.3, 0.4) is 0 Å². The van der Waals surface area contributed by atoms with Crippen LogP contribution in [0.25, 0.3) is 0 Å². The first-order chi connectivity index (χ1) is 19.2. The fourth-order valence-electron chi connectivity index (χ4n) is 4.36. The van der Waals surface area contributed by atoms with Crippen LogP contribution in [0.1, 0.15) is 27.0 Å². The largest absolute Gasteiger partial charge is 0.355 e. The first kappa shape index (κ1) is 27.6. The molecule has 0 saturated heterocycles. The van der Waals surface area contributed by atoms with Crippen LogP contribution in [-0.2, 0) is 11.3 Å². The van der Waals surface area contributed by atoms with Crippen molar-refractivity contribution in [2.45, 2.75) is 12.7 Å². The smallest absolute Gasteiger partial charge is 0.269 e. The number of hydrogen-bond donors (Lipinski definition) is 2. The van der Waals surface area contributed by atoms with Gasteiger partial charge in [-0.2, -0.15) is 0 Å². The number of pyridine rings is 1. The zero-order valence-corrected chi connectivity index (χ0v) is 23.2. The van der Waals surface area contributed by atoms with Crippen LogP contribution in [0.15, 0.2) is 84.0 Å². The van der Waals surface area contributed by atoms with Crippen molar-refractivity contribution in [3.8, 4) is 0 Å². The van der Waals surface area contributed by atoms with E-state index in [1.807, 2.05) is 30.3 Å². The third-order valence-corrected chi connectivity index (χ3v) is 6.97. The average molecular weight is 597 g/mol. The van der Waals surface area contributed by atoms with E-state index in [0.717, 1.165) is 17.8 Å². The Kier molecular flexibility index (Phi) is 8.02. The van der Waals surface area contributed by atoms with Gasteiger partial charge in [0.25, 0.3) is 11.8 Å². The molecule has 0 saturated carbocycles. The second-order valence-electron chi connectivity index (χ2n) is 9.00. The quantitative estimate of drug-likeness (QED) is 0.271. The molecule has 1 aromatic heterocycles. The molecule has 202 valence electrons. The molecule has 1 unspecified atom stereocenters. The molecule has 0 spiro atoms. The van der Waals surface area contributed by atoms with Gasteiger partial charge in [-0.05, 0) is 29.8 Å². The van der Waals surface area contributed by atoms with Crippen molar-refractivity contribution >= 4 is 63.8 Å². The summed E-state index contributed by atoms with van der Waals surface area (Å²) in [5.41, 5.74) is 2.49. The molecular formula is C29H21Cl3FN5O2. The highest BCUT2D eigenvalue weighted by Crippen LogP contribution is 2.34. The molecule has 2 heterocycles. The van der Waals surface area contributed by atoms with Gasteiger partial charge in [0, 0.05) is 29.7 Å². The molecule has 0 aliphatic carbocycles. The molecule has 1 aliphatic rings. The standard InChI is InChI=1S/C29H21Cl3FN5O2/c1-38(15-16-7-3-2-4-8-16)27-20(13-18(33)14-34-27)28(39)37-26-29(40)35-23-10-6-5-9-19(23)25(36-26)24-21(31)11-17(30)12-22(24)32/h2-14,26H,15H2,1H3,(H,35,40)(H,37,39). The third-order valence-electron chi connectivity index (χ3n) is 6.16. The monoisotopic (exact) mass is 595 g/mol. The van der Waals surface area contributed by atoms with Crippen LogP contribution in [0.4, 0.5) is 15.9 Å². The van der Waals surface area contributed by atoms with Crippen molar-refractivity contribution in [2.24, 2.45) is 4.99 Å². The van der Waals surface area contributed by atoms with Crippen molar-refractivity contribution in [2.75, 3.05) is 17.3 Å². The maximum Gasteiger partial charge on any atom is 0.269 e. The van der Waals surface area contributed by atoms with E-state index in [0.29, 0.717) is 28.4 Å². The van der Waals surface area contributed by atoms with Crippen molar-refractivity contribution < 1.29 is 14.0 Å². The number of carbonyl (C=O) groups excluding carboxylic acids is 2. The Morgan fingerprint density at radius 3 is 2.42 bits per heavy atom. The molecule has 11 heteroatoms. The van der Waals surface area contributed by atoms with Gasteiger partial charge in [0.15, 0.2) is 0 Å². The van der Waals surface area contributed by atoms with E-state index in [1.54, 1.807) is 36.2 Å². The minimum absolute atomic E-state index is 0.0627. The molecule has 7 nitrogen and oxygen atoms in total. The van der Waals surface area contributed by atoms with E-state index in [4.69, 9.17) is 34.8 Å². The zero-order valence-electron chi connectivity index (χ0n) is 21.0. The molecule has 3 aromatic carbocycles. The van der Waals surface area contributed by atoms with Gasteiger partial charge in [-0.25, -0.2) is 14.4 Å². The SMILES string of the molecule is CN(Cc1ccccc1)c1ncc(F)cc1C(=O)NC1N=C(c2c(Cl)cc(Cl)cc2Cl)c2ccccc2NC1=O. The first-order valence-electron chi connectivity index (χ1n) is 12.1. The number of fused-ring (bicyclic) bond motifs is 1. The Hall–Kier alpha value is -3.98. The summed E-state index contributed by atoms with van der Waals surface area (Å²) < 4.78 is 14.3. The fourth-order valence-corrected chi connectivity index (χ4v) is 5.36. The van der Waals surface area contributed by atoms with Crippen LogP contribution in [0.2, 0.25) is 15.1 Å². The van der Waals surface area contributed by atoms with Gasteiger partial charge in [-0.15, -0.1) is 0 Å². The molecular weight excluding hydrogens is 576 g/mol. The number of aliphatic imine (C=N–C) groups is 1. The summed E-state index contributed by atoms with van der Waals surface area (Å²) in [6.07, 6.45) is -0.378. The number of amides is 2. The number of rotatable bonds is 6. The Labute approximate surface area is 244 Å². The third kappa shape index (κ3) is 5.79. The molecule has 4 aromatic rings. The predicted molar refractivity (Wildman–Crippen MR) is 156 cm³/mol. The van der Waals surface area contributed by atoms with Gasteiger partial charge in [0.2, 0.25) is 6.17 Å². The van der Waals surface area contributed by atoms with Crippen molar-refractivity contribution in [1.29, 1.82) is 0 Å². The van der Waals surface area contributed by atoms with Crippen molar-refractivity contribution in [3.05, 3.63) is 122 Å². The van der Waals surface area contributed by atoms with Gasteiger partial charge >= 0.3 is 0 Å². The number of benzodiazepines with no additional fused rings is 1. The van der Waals surface area contributed by atoms with Gasteiger partial charge in [-0.3, -0.25) is 9.59 Å². The molecule has 5 rings (SSSR count). The molecule has 40 heavy (non-hydrogen) atoms. The summed E-state index contributed by atoms with van der Waals surface area (Å²) in [7, 11) is 1.74. The number of para-hydroxylation sites is 1. The Balaban J connectivity index is 1.53. The summed E-state index contributed by atoms with van der Waals surface area (Å²) in [5.74, 6) is -1.83. The lowest BCUT2D eigenvalue weighted by atomic mass is 10.0. The minimum atomic E-state index is -1.41. The Bertz CT molecular complexity index is 1630. The molecule has 2 amide bonds. The van der Waals surface area contributed by atoms with Crippen LogP contribution in [0, 0.1) is 5.82 Å². The van der Waals surface area contributed by atoms with Crippen molar-refractivity contribution in [1.82, 2.24) is 10.3 Å². The molecule has 0 radical (unpaired) electrons. The second-order valence-corrected chi connectivity index (χ2v) is 10.3. The van der Waals surface area contributed by atoms with E-state index in [9.17, 15) is 14.0 Å². The maximum absolute atomic E-state index is 14.3. The number of hydrogen-bond acceptors (Lipinski definition) is 5. The lowest BCUT2D eigenvalue weighted by Crippen LogP contribution is -2.43. The number of nitrogens with one attached hydrogen (secondary N) is 2. The number of anilines is 2. The van der Waals surface area contributed by atoms with E-state index in [2.05, 4.69) is 20.6 Å². The summed E-state index contributed by atoms with van der Waals surface area (Å²) >= 11 is 19.1. The maximum atomic E-state index is 14.3. The van der Waals surface area contributed by atoms with Gasteiger partial charge in [-0.1, -0.05) is 83.3 Å². The molecule has 1 aliphatic heterocycles. The fraction of sp³-hybridized carbons (Fsp3) is 0.103. The van der Waals surface area contributed by atoms with E-state index >= 15 is 0 Å². The molecule has 1 atom stereocenters. The van der Waals surface area contributed by atoms with E-state index < -0.39 is 23.8 Å². The summed E-state index contributed by atoms with van der Waals surface area (Å²) in [4.78, 5) is 37.2. The highest BCUT2D eigenvalue weighted by molar-refractivity contribution is 6.44. The number of halogens is 4. The van der Waals surface area contributed by atoms with Gasteiger partial charge < -0.3 is 15.5 Å². The van der Waals surface area contributed by atoms with Crippen LogP contribution in [0.5, 0.6) is 0 Å². The summed E-state index contributed by atoms with van der Waals surface area (Å²) in [6, 6.07) is 20.6. The molecule has 0 bridgehead atoms.